The number of hydrogen-bond acceptors (Lipinski definition) is 3. The Balaban J connectivity index is 1.72. The fourth-order valence-corrected chi connectivity index (χ4v) is 5.07. The number of hydrogen-bond donors (Lipinski definition) is 3. The fraction of sp³-hybridized carbons (Fsp3) is 0.800. The number of amides is 1. The Morgan fingerprint density at radius 1 is 1.00 bits per heavy atom. The summed E-state index contributed by atoms with van der Waals surface area (Å²) in [5, 5.41) is 20.3. The van der Waals surface area contributed by atoms with Gasteiger partial charge < -0.3 is 15.5 Å². The molecule has 6 nitrogen and oxygen atoms in total. The van der Waals surface area contributed by atoms with E-state index in [1.165, 1.54) is 19.3 Å². The van der Waals surface area contributed by atoms with Crippen molar-refractivity contribution in [3.05, 3.63) is 0 Å². The van der Waals surface area contributed by atoms with Gasteiger partial charge in [0.2, 0.25) is 5.91 Å². The Morgan fingerprint density at radius 3 is 1.86 bits per heavy atom. The summed E-state index contributed by atoms with van der Waals surface area (Å²) < 4.78 is 0. The maximum absolute atomic E-state index is 12.6. The zero-order valence-electron chi connectivity index (χ0n) is 11.9. The quantitative estimate of drug-likeness (QED) is 0.708. The van der Waals surface area contributed by atoms with E-state index >= 15 is 0 Å². The lowest BCUT2D eigenvalue weighted by atomic mass is 9.49. The number of carboxylic acid groups (broad SMARTS) is 2. The van der Waals surface area contributed by atoms with Gasteiger partial charge in [-0.15, -0.1) is 0 Å². The molecule has 4 aliphatic rings. The van der Waals surface area contributed by atoms with Crippen molar-refractivity contribution in [2.75, 3.05) is 0 Å². The molecule has 0 heterocycles. The molecule has 116 valence electrons. The minimum absolute atomic E-state index is 0.241. The lowest BCUT2D eigenvalue weighted by molar-refractivity contribution is -0.153. The van der Waals surface area contributed by atoms with Crippen molar-refractivity contribution in [1.82, 2.24) is 5.32 Å². The predicted octanol–water partition coefficient (Wildman–Crippen LogP) is 1.25. The van der Waals surface area contributed by atoms with Gasteiger partial charge in [-0.1, -0.05) is 0 Å². The topological polar surface area (TPSA) is 104 Å². The molecule has 0 aromatic heterocycles. The van der Waals surface area contributed by atoms with Crippen molar-refractivity contribution in [3.63, 3.8) is 0 Å². The highest BCUT2D eigenvalue weighted by atomic mass is 16.4. The van der Waals surface area contributed by atoms with Crippen molar-refractivity contribution in [1.29, 1.82) is 0 Å². The largest absolute Gasteiger partial charge is 0.481 e. The zero-order valence-corrected chi connectivity index (χ0v) is 11.9. The normalized spacial score (nSPS) is 38.0. The highest BCUT2D eigenvalue weighted by Gasteiger charge is 2.55. The van der Waals surface area contributed by atoms with Crippen LogP contribution in [0.4, 0.5) is 0 Å². The summed E-state index contributed by atoms with van der Waals surface area (Å²) in [7, 11) is 0. The Kier molecular flexibility index (Phi) is 3.42. The molecule has 4 saturated carbocycles. The summed E-state index contributed by atoms with van der Waals surface area (Å²) in [5.41, 5.74) is -0.443. The third-order valence-electron chi connectivity index (χ3n) is 5.50. The first kappa shape index (κ1) is 14.4. The average molecular weight is 295 g/mol. The van der Waals surface area contributed by atoms with Gasteiger partial charge >= 0.3 is 11.9 Å². The van der Waals surface area contributed by atoms with Crippen LogP contribution in [0.3, 0.4) is 0 Å². The van der Waals surface area contributed by atoms with Crippen molar-refractivity contribution < 1.29 is 24.6 Å². The molecule has 4 fully saturated rings. The maximum Gasteiger partial charge on any atom is 0.326 e. The van der Waals surface area contributed by atoms with E-state index < -0.39 is 29.8 Å². The van der Waals surface area contributed by atoms with Gasteiger partial charge in [-0.3, -0.25) is 9.59 Å². The third-order valence-corrected chi connectivity index (χ3v) is 5.50. The van der Waals surface area contributed by atoms with Gasteiger partial charge in [0.05, 0.1) is 6.42 Å². The van der Waals surface area contributed by atoms with Crippen LogP contribution < -0.4 is 5.32 Å². The van der Waals surface area contributed by atoms with Gasteiger partial charge in [0.15, 0.2) is 0 Å². The molecule has 1 amide bonds. The van der Waals surface area contributed by atoms with Crippen LogP contribution in [0, 0.1) is 23.2 Å². The Labute approximate surface area is 122 Å². The Bertz CT molecular complexity index is 451. The molecule has 0 saturated heterocycles. The molecule has 0 aliphatic heterocycles. The second-order valence-electron chi connectivity index (χ2n) is 7.16. The highest BCUT2D eigenvalue weighted by molar-refractivity contribution is 5.89. The first-order valence-electron chi connectivity index (χ1n) is 7.63. The summed E-state index contributed by atoms with van der Waals surface area (Å²) in [4.78, 5) is 34.5. The standard InChI is InChI=1S/C15H21NO5/c17-12(18)4-11(13(19)20)16-14(21)15-5-8-1-9(6-15)3-10(2-8)7-15/h8-11H,1-7H2,(H,16,21)(H,17,18)(H,19,20). The van der Waals surface area contributed by atoms with Crippen LogP contribution in [0.2, 0.25) is 0 Å². The molecule has 4 rings (SSSR count). The molecular weight excluding hydrogens is 274 g/mol. The van der Waals surface area contributed by atoms with E-state index in [1.54, 1.807) is 0 Å². The molecule has 0 radical (unpaired) electrons. The summed E-state index contributed by atoms with van der Waals surface area (Å²) in [6.07, 6.45) is 5.53. The van der Waals surface area contributed by atoms with Crippen molar-refractivity contribution in [2.45, 2.75) is 51.0 Å². The molecule has 4 aliphatic carbocycles. The van der Waals surface area contributed by atoms with Gasteiger partial charge in [0.25, 0.3) is 0 Å². The van der Waals surface area contributed by atoms with Crippen molar-refractivity contribution in [2.24, 2.45) is 23.2 Å². The van der Waals surface area contributed by atoms with E-state index in [9.17, 15) is 14.4 Å². The summed E-state index contributed by atoms with van der Waals surface area (Å²) in [5.74, 6) is -0.974. The van der Waals surface area contributed by atoms with E-state index in [4.69, 9.17) is 10.2 Å². The van der Waals surface area contributed by atoms with Gasteiger partial charge in [-0.05, 0) is 56.3 Å². The summed E-state index contributed by atoms with van der Waals surface area (Å²) in [6.45, 7) is 0. The van der Waals surface area contributed by atoms with Crippen molar-refractivity contribution in [3.8, 4) is 0 Å². The molecule has 0 spiro atoms. The number of carbonyl (C=O) groups is 3. The van der Waals surface area contributed by atoms with E-state index in [0.717, 1.165) is 19.3 Å². The predicted molar refractivity (Wildman–Crippen MR) is 72.4 cm³/mol. The van der Waals surface area contributed by atoms with Crippen LogP contribution in [0.1, 0.15) is 44.9 Å². The maximum atomic E-state index is 12.6. The van der Waals surface area contributed by atoms with Crippen LogP contribution in [-0.4, -0.2) is 34.1 Å². The number of rotatable bonds is 5. The number of carboxylic acids is 2. The van der Waals surface area contributed by atoms with E-state index in [2.05, 4.69) is 5.32 Å². The van der Waals surface area contributed by atoms with E-state index in [0.29, 0.717) is 17.8 Å². The van der Waals surface area contributed by atoms with Crippen LogP contribution in [0.25, 0.3) is 0 Å². The molecule has 1 atom stereocenters. The molecule has 0 aromatic carbocycles. The Morgan fingerprint density at radius 2 is 1.48 bits per heavy atom. The van der Waals surface area contributed by atoms with Crippen molar-refractivity contribution >= 4 is 17.8 Å². The lowest BCUT2D eigenvalue weighted by Gasteiger charge is -2.55. The number of carbonyl (C=O) groups excluding carboxylic acids is 1. The molecule has 0 aromatic rings. The van der Waals surface area contributed by atoms with Gasteiger partial charge in [0, 0.05) is 5.41 Å². The minimum Gasteiger partial charge on any atom is -0.481 e. The molecular formula is C15H21NO5. The summed E-state index contributed by atoms with van der Waals surface area (Å²) >= 11 is 0. The van der Waals surface area contributed by atoms with Crippen LogP contribution in [-0.2, 0) is 14.4 Å². The second-order valence-corrected chi connectivity index (χ2v) is 7.16. The summed E-state index contributed by atoms with van der Waals surface area (Å²) in [6, 6.07) is -1.33. The van der Waals surface area contributed by atoms with Gasteiger partial charge in [0.1, 0.15) is 6.04 Å². The molecule has 21 heavy (non-hydrogen) atoms. The zero-order chi connectivity index (χ0) is 15.2. The Hall–Kier alpha value is -1.59. The number of nitrogens with one attached hydrogen (secondary N) is 1. The fourth-order valence-electron chi connectivity index (χ4n) is 5.07. The molecule has 4 bridgehead atoms. The third kappa shape index (κ3) is 2.63. The first-order valence-corrected chi connectivity index (χ1v) is 7.63. The monoisotopic (exact) mass is 295 g/mol. The molecule has 3 N–H and O–H groups in total. The van der Waals surface area contributed by atoms with Crippen LogP contribution in [0.5, 0.6) is 0 Å². The smallest absolute Gasteiger partial charge is 0.326 e. The lowest BCUT2D eigenvalue weighted by Crippen LogP contribution is -2.56. The molecule has 6 heteroatoms. The van der Waals surface area contributed by atoms with Crippen LogP contribution >= 0.6 is 0 Å². The van der Waals surface area contributed by atoms with E-state index in [-0.39, 0.29) is 5.91 Å². The highest BCUT2D eigenvalue weighted by Crippen LogP contribution is 2.60. The van der Waals surface area contributed by atoms with Gasteiger partial charge in [-0.2, -0.15) is 0 Å². The molecule has 1 unspecified atom stereocenters. The van der Waals surface area contributed by atoms with Crippen LogP contribution in [0.15, 0.2) is 0 Å². The SMILES string of the molecule is O=C(O)CC(NC(=O)C12CC3CC(CC(C3)C1)C2)C(=O)O. The second kappa shape index (κ2) is 5.00. The first-order chi connectivity index (χ1) is 9.88. The minimum atomic E-state index is -1.33. The van der Waals surface area contributed by atoms with E-state index in [1.807, 2.05) is 0 Å². The van der Waals surface area contributed by atoms with Gasteiger partial charge in [-0.25, -0.2) is 4.79 Å². The number of aliphatic carboxylic acids is 2. The average Bonchev–Trinajstić information content (AvgIpc) is 2.35.